The minimum atomic E-state index is -3.65. The van der Waals surface area contributed by atoms with Gasteiger partial charge in [-0.1, -0.05) is 12.8 Å². The van der Waals surface area contributed by atoms with Crippen molar-refractivity contribution in [1.29, 1.82) is 0 Å². The molecule has 19 heavy (non-hydrogen) atoms. The van der Waals surface area contributed by atoms with E-state index in [0.29, 0.717) is 11.3 Å². The number of aliphatic hydroxyl groups is 1. The lowest BCUT2D eigenvalue weighted by molar-refractivity contribution is 0.273. The Morgan fingerprint density at radius 3 is 2.63 bits per heavy atom. The second-order valence-corrected chi connectivity index (χ2v) is 5.71. The van der Waals surface area contributed by atoms with Gasteiger partial charge < -0.3 is 9.84 Å². The zero-order valence-electron chi connectivity index (χ0n) is 11.0. The Labute approximate surface area is 113 Å². The highest BCUT2D eigenvalue weighted by Crippen LogP contribution is 2.24. The normalized spacial score (nSPS) is 11.3. The quantitative estimate of drug-likeness (QED) is 0.785. The second kappa shape index (κ2) is 6.57. The molecule has 0 saturated heterocycles. The molecular formula is C13H17NO4S. The summed E-state index contributed by atoms with van der Waals surface area (Å²) in [5.41, 5.74) is 0.417. The zero-order chi connectivity index (χ0) is 14.5. The van der Waals surface area contributed by atoms with Crippen LogP contribution in [-0.4, -0.2) is 38.0 Å². The van der Waals surface area contributed by atoms with E-state index in [0.717, 1.165) is 0 Å². The van der Waals surface area contributed by atoms with Crippen LogP contribution in [0.3, 0.4) is 0 Å². The van der Waals surface area contributed by atoms with Crippen LogP contribution < -0.4 is 4.74 Å². The van der Waals surface area contributed by atoms with Crippen LogP contribution in [0.15, 0.2) is 23.1 Å². The molecule has 6 heteroatoms. The molecule has 5 nitrogen and oxygen atoms in total. The first-order valence-corrected chi connectivity index (χ1v) is 7.16. The third-order valence-electron chi connectivity index (χ3n) is 2.68. The van der Waals surface area contributed by atoms with E-state index in [-0.39, 0.29) is 24.6 Å². The highest BCUT2D eigenvalue weighted by molar-refractivity contribution is 7.89. The minimum absolute atomic E-state index is 0.0132. The Morgan fingerprint density at radius 2 is 2.16 bits per heavy atom. The van der Waals surface area contributed by atoms with Crippen molar-refractivity contribution in [3.8, 4) is 18.1 Å². The number of nitrogens with zero attached hydrogens (tertiary/aromatic N) is 1. The molecule has 0 amide bonds. The van der Waals surface area contributed by atoms with Gasteiger partial charge in [0.05, 0.1) is 25.2 Å². The van der Waals surface area contributed by atoms with Crippen LogP contribution >= 0.6 is 0 Å². The van der Waals surface area contributed by atoms with E-state index in [2.05, 4.69) is 5.92 Å². The second-order valence-electron chi connectivity index (χ2n) is 3.77. The van der Waals surface area contributed by atoms with Crippen LogP contribution in [0.4, 0.5) is 0 Å². The van der Waals surface area contributed by atoms with Crippen LogP contribution in [0, 0.1) is 12.3 Å². The van der Waals surface area contributed by atoms with Crippen LogP contribution in [0.25, 0.3) is 0 Å². The summed E-state index contributed by atoms with van der Waals surface area (Å²) in [6, 6.07) is 4.35. The van der Waals surface area contributed by atoms with E-state index in [1.807, 2.05) is 0 Å². The molecule has 0 aromatic heterocycles. The van der Waals surface area contributed by atoms with Crippen LogP contribution in [0.2, 0.25) is 0 Å². The molecular weight excluding hydrogens is 266 g/mol. The first kappa shape index (κ1) is 15.5. The fourth-order valence-electron chi connectivity index (χ4n) is 1.66. The summed E-state index contributed by atoms with van der Waals surface area (Å²) >= 11 is 0. The largest absolute Gasteiger partial charge is 0.496 e. The molecule has 104 valence electrons. The fourth-order valence-corrected chi connectivity index (χ4v) is 3.07. The van der Waals surface area contributed by atoms with E-state index < -0.39 is 10.0 Å². The standard InChI is InChI=1S/C13H17NO4S/c1-4-8-14(5-2)19(16,17)12-6-7-13(18-3)11(9-12)10-15/h1,6-7,9,15H,5,8,10H2,2-3H3. The number of methoxy groups -OCH3 is 1. The smallest absolute Gasteiger partial charge is 0.243 e. The van der Waals surface area contributed by atoms with Gasteiger partial charge in [0.15, 0.2) is 0 Å². The van der Waals surface area contributed by atoms with Gasteiger partial charge in [-0.25, -0.2) is 8.42 Å². The first-order valence-electron chi connectivity index (χ1n) is 5.72. The van der Waals surface area contributed by atoms with Crippen molar-refractivity contribution in [1.82, 2.24) is 4.31 Å². The van der Waals surface area contributed by atoms with Gasteiger partial charge in [-0.3, -0.25) is 0 Å². The van der Waals surface area contributed by atoms with Crippen molar-refractivity contribution in [2.45, 2.75) is 18.4 Å². The topological polar surface area (TPSA) is 66.8 Å². The van der Waals surface area contributed by atoms with Crippen molar-refractivity contribution < 1.29 is 18.3 Å². The minimum Gasteiger partial charge on any atom is -0.496 e. The number of benzene rings is 1. The maximum atomic E-state index is 12.3. The maximum absolute atomic E-state index is 12.3. The third kappa shape index (κ3) is 3.26. The fraction of sp³-hybridized carbons (Fsp3) is 0.385. The van der Waals surface area contributed by atoms with Crippen molar-refractivity contribution in [2.24, 2.45) is 0 Å². The molecule has 1 N–H and O–H groups in total. The summed E-state index contributed by atoms with van der Waals surface area (Å²) in [6.45, 7) is 1.71. The number of hydrogen-bond donors (Lipinski definition) is 1. The highest BCUT2D eigenvalue weighted by Gasteiger charge is 2.23. The molecule has 0 spiro atoms. The van der Waals surface area contributed by atoms with E-state index in [4.69, 9.17) is 11.2 Å². The van der Waals surface area contributed by atoms with Gasteiger partial charge in [-0.15, -0.1) is 6.42 Å². The Morgan fingerprint density at radius 1 is 1.47 bits per heavy atom. The van der Waals surface area contributed by atoms with E-state index >= 15 is 0 Å². The molecule has 0 aliphatic rings. The number of hydrogen-bond acceptors (Lipinski definition) is 4. The number of aliphatic hydroxyl groups excluding tert-OH is 1. The summed E-state index contributed by atoms with van der Waals surface area (Å²) in [5.74, 6) is 2.76. The molecule has 1 aromatic rings. The molecule has 1 rings (SSSR count). The lowest BCUT2D eigenvalue weighted by atomic mass is 10.2. The Balaban J connectivity index is 3.26. The van der Waals surface area contributed by atoms with Crippen molar-refractivity contribution in [3.05, 3.63) is 23.8 Å². The van der Waals surface area contributed by atoms with Crippen molar-refractivity contribution in [2.75, 3.05) is 20.2 Å². The zero-order valence-corrected chi connectivity index (χ0v) is 11.8. The molecule has 0 fully saturated rings. The molecule has 0 atom stereocenters. The van der Waals surface area contributed by atoms with Gasteiger partial charge in [0.25, 0.3) is 0 Å². The summed E-state index contributed by atoms with van der Waals surface area (Å²) < 4.78 is 30.9. The maximum Gasteiger partial charge on any atom is 0.243 e. The van der Waals surface area contributed by atoms with Gasteiger partial charge in [-0.05, 0) is 18.2 Å². The molecule has 0 unspecified atom stereocenters. The highest BCUT2D eigenvalue weighted by atomic mass is 32.2. The van der Waals surface area contributed by atoms with Gasteiger partial charge in [0.2, 0.25) is 10.0 Å². The Kier molecular flexibility index (Phi) is 5.36. The molecule has 1 aromatic carbocycles. The lowest BCUT2D eigenvalue weighted by Crippen LogP contribution is -2.31. The van der Waals surface area contributed by atoms with Crippen molar-refractivity contribution >= 4 is 10.0 Å². The average Bonchev–Trinajstić information content (AvgIpc) is 2.43. The summed E-state index contributed by atoms with van der Waals surface area (Å²) in [6.07, 6.45) is 5.17. The van der Waals surface area contributed by atoms with E-state index in [9.17, 15) is 13.5 Å². The third-order valence-corrected chi connectivity index (χ3v) is 4.60. The van der Waals surface area contributed by atoms with Crippen molar-refractivity contribution in [3.63, 3.8) is 0 Å². The molecule has 0 aliphatic heterocycles. The average molecular weight is 283 g/mol. The molecule has 0 saturated carbocycles. The molecule has 0 aliphatic carbocycles. The van der Waals surface area contributed by atoms with Gasteiger partial charge in [0, 0.05) is 12.1 Å². The number of terminal acetylenes is 1. The first-order chi connectivity index (χ1) is 9.01. The van der Waals surface area contributed by atoms with Crippen LogP contribution in [0.1, 0.15) is 12.5 Å². The number of ether oxygens (including phenoxy) is 1. The summed E-state index contributed by atoms with van der Waals surface area (Å²) in [5, 5.41) is 9.22. The number of rotatable bonds is 6. The molecule has 0 bridgehead atoms. The summed E-state index contributed by atoms with van der Waals surface area (Å²) in [7, 11) is -2.19. The Hall–Kier alpha value is -1.55. The predicted molar refractivity (Wildman–Crippen MR) is 72.2 cm³/mol. The van der Waals surface area contributed by atoms with Gasteiger partial charge in [-0.2, -0.15) is 4.31 Å². The van der Waals surface area contributed by atoms with E-state index in [1.54, 1.807) is 6.92 Å². The Bertz CT molecular complexity index is 575. The van der Waals surface area contributed by atoms with Gasteiger partial charge in [0.1, 0.15) is 5.75 Å². The van der Waals surface area contributed by atoms with Gasteiger partial charge >= 0.3 is 0 Å². The SMILES string of the molecule is C#CCN(CC)S(=O)(=O)c1ccc(OC)c(CO)c1. The number of sulfonamides is 1. The monoisotopic (exact) mass is 283 g/mol. The van der Waals surface area contributed by atoms with E-state index in [1.165, 1.54) is 29.6 Å². The molecule has 0 heterocycles. The lowest BCUT2D eigenvalue weighted by Gasteiger charge is -2.18. The molecule has 0 radical (unpaired) electrons. The van der Waals surface area contributed by atoms with Crippen LogP contribution in [0.5, 0.6) is 5.75 Å². The summed E-state index contributed by atoms with van der Waals surface area (Å²) in [4.78, 5) is 0.0921. The predicted octanol–water partition coefficient (Wildman–Crippen LogP) is 0.831. The van der Waals surface area contributed by atoms with Crippen LogP contribution in [-0.2, 0) is 16.6 Å².